The van der Waals surface area contributed by atoms with Crippen molar-refractivity contribution in [1.82, 2.24) is 9.88 Å². The molecule has 1 amide bonds. The Morgan fingerprint density at radius 3 is 2.83 bits per heavy atom. The average molecular weight is 314 g/mol. The molecule has 0 spiro atoms. The molecule has 2 aliphatic heterocycles. The number of hydrogen-bond acceptors (Lipinski definition) is 5. The van der Waals surface area contributed by atoms with Crippen LogP contribution >= 0.6 is 0 Å². The largest absolute Gasteiger partial charge is 0.454 e. The van der Waals surface area contributed by atoms with Gasteiger partial charge in [-0.15, -0.1) is 0 Å². The van der Waals surface area contributed by atoms with Crippen molar-refractivity contribution in [3.05, 3.63) is 29.7 Å². The van der Waals surface area contributed by atoms with Crippen molar-refractivity contribution in [2.75, 3.05) is 19.9 Å². The van der Waals surface area contributed by atoms with Gasteiger partial charge in [-0.25, -0.2) is 4.98 Å². The average Bonchev–Trinajstić information content (AvgIpc) is 3.27. The minimum Gasteiger partial charge on any atom is -0.454 e. The molecule has 120 valence electrons. The quantitative estimate of drug-likeness (QED) is 0.871. The standard InChI is InChI=1S/C17H18N2O4/c1-11-13(9-16(20)19-6-2-3-7-19)18-17(23-11)12-4-5-14-15(8-12)22-10-21-14/h4-5,8H,2-3,6-7,9-10H2,1H3. The maximum atomic E-state index is 12.3. The van der Waals surface area contributed by atoms with E-state index in [1.807, 2.05) is 30.0 Å². The van der Waals surface area contributed by atoms with E-state index in [0.29, 0.717) is 29.5 Å². The second-order valence-corrected chi connectivity index (χ2v) is 5.85. The molecule has 0 aliphatic carbocycles. The number of hydrogen-bond donors (Lipinski definition) is 0. The van der Waals surface area contributed by atoms with Gasteiger partial charge in [-0.05, 0) is 38.0 Å². The summed E-state index contributed by atoms with van der Waals surface area (Å²) >= 11 is 0. The number of aryl methyl sites for hydroxylation is 1. The first-order chi connectivity index (χ1) is 11.2. The maximum absolute atomic E-state index is 12.3. The summed E-state index contributed by atoms with van der Waals surface area (Å²) in [6.45, 7) is 3.78. The lowest BCUT2D eigenvalue weighted by Gasteiger charge is -2.13. The highest BCUT2D eigenvalue weighted by atomic mass is 16.7. The molecule has 6 nitrogen and oxygen atoms in total. The number of oxazole rings is 1. The molecular formula is C17H18N2O4. The van der Waals surface area contributed by atoms with Gasteiger partial charge >= 0.3 is 0 Å². The second kappa shape index (κ2) is 5.61. The predicted molar refractivity (Wildman–Crippen MR) is 82.3 cm³/mol. The number of carbonyl (C=O) groups is 1. The Morgan fingerprint density at radius 2 is 2.00 bits per heavy atom. The topological polar surface area (TPSA) is 64.8 Å². The van der Waals surface area contributed by atoms with Gasteiger partial charge in [-0.2, -0.15) is 0 Å². The summed E-state index contributed by atoms with van der Waals surface area (Å²) in [6, 6.07) is 5.57. The van der Waals surface area contributed by atoms with Gasteiger partial charge in [-0.1, -0.05) is 0 Å². The number of benzene rings is 1. The second-order valence-electron chi connectivity index (χ2n) is 5.85. The minimum atomic E-state index is 0.121. The van der Waals surface area contributed by atoms with Crippen molar-refractivity contribution in [3.63, 3.8) is 0 Å². The molecule has 3 heterocycles. The van der Waals surface area contributed by atoms with E-state index in [4.69, 9.17) is 13.9 Å². The fraction of sp³-hybridized carbons (Fsp3) is 0.412. The van der Waals surface area contributed by atoms with Gasteiger partial charge in [0.25, 0.3) is 0 Å². The highest BCUT2D eigenvalue weighted by Crippen LogP contribution is 2.36. The summed E-state index contributed by atoms with van der Waals surface area (Å²) in [5, 5.41) is 0. The molecule has 1 saturated heterocycles. The van der Waals surface area contributed by atoms with E-state index in [9.17, 15) is 4.79 Å². The van der Waals surface area contributed by atoms with Crippen LogP contribution in [0.15, 0.2) is 22.6 Å². The lowest BCUT2D eigenvalue weighted by molar-refractivity contribution is -0.129. The van der Waals surface area contributed by atoms with E-state index in [-0.39, 0.29) is 12.7 Å². The summed E-state index contributed by atoms with van der Waals surface area (Å²) in [5.41, 5.74) is 1.52. The Labute approximate surface area is 134 Å². The van der Waals surface area contributed by atoms with E-state index >= 15 is 0 Å². The molecule has 6 heteroatoms. The number of fused-ring (bicyclic) bond motifs is 1. The molecule has 0 N–H and O–H groups in total. The van der Waals surface area contributed by atoms with Crippen LogP contribution < -0.4 is 9.47 Å². The van der Waals surface area contributed by atoms with Crippen LogP contribution in [0.4, 0.5) is 0 Å². The number of carbonyl (C=O) groups excluding carboxylic acids is 1. The number of aromatic nitrogens is 1. The zero-order chi connectivity index (χ0) is 15.8. The molecule has 0 saturated carbocycles. The molecule has 2 aromatic rings. The zero-order valence-electron chi connectivity index (χ0n) is 13.0. The third-order valence-electron chi connectivity index (χ3n) is 4.29. The first kappa shape index (κ1) is 14.1. The van der Waals surface area contributed by atoms with E-state index in [0.717, 1.165) is 37.2 Å². The van der Waals surface area contributed by atoms with Crippen LogP contribution in [-0.2, 0) is 11.2 Å². The monoisotopic (exact) mass is 314 g/mol. The fourth-order valence-electron chi connectivity index (χ4n) is 2.97. The zero-order valence-corrected chi connectivity index (χ0v) is 13.0. The Morgan fingerprint density at radius 1 is 1.22 bits per heavy atom. The van der Waals surface area contributed by atoms with Gasteiger partial charge < -0.3 is 18.8 Å². The summed E-state index contributed by atoms with van der Waals surface area (Å²) < 4.78 is 16.4. The molecule has 1 aromatic carbocycles. The maximum Gasteiger partial charge on any atom is 0.231 e. The van der Waals surface area contributed by atoms with Crippen molar-refractivity contribution in [2.45, 2.75) is 26.2 Å². The summed E-state index contributed by atoms with van der Waals surface area (Å²) in [5.74, 6) is 2.72. The molecule has 4 rings (SSSR count). The Kier molecular flexibility index (Phi) is 3.44. The molecular weight excluding hydrogens is 296 g/mol. The number of ether oxygens (including phenoxy) is 2. The predicted octanol–water partition coefficient (Wildman–Crippen LogP) is 2.54. The first-order valence-corrected chi connectivity index (χ1v) is 7.85. The van der Waals surface area contributed by atoms with Crippen LogP contribution in [0.1, 0.15) is 24.3 Å². The van der Waals surface area contributed by atoms with E-state index in [1.54, 1.807) is 0 Å². The van der Waals surface area contributed by atoms with Crippen molar-refractivity contribution in [3.8, 4) is 23.0 Å². The summed E-state index contributed by atoms with van der Waals surface area (Å²) in [4.78, 5) is 18.7. The van der Waals surface area contributed by atoms with Gasteiger partial charge in [0, 0.05) is 18.7 Å². The number of nitrogens with zero attached hydrogens (tertiary/aromatic N) is 2. The smallest absolute Gasteiger partial charge is 0.231 e. The van der Waals surface area contributed by atoms with Gasteiger partial charge in [0.2, 0.25) is 18.6 Å². The van der Waals surface area contributed by atoms with Crippen LogP contribution in [0.25, 0.3) is 11.5 Å². The van der Waals surface area contributed by atoms with E-state index < -0.39 is 0 Å². The van der Waals surface area contributed by atoms with Crippen LogP contribution in [0, 0.1) is 6.92 Å². The molecule has 1 aromatic heterocycles. The highest BCUT2D eigenvalue weighted by molar-refractivity contribution is 5.79. The fourth-order valence-corrected chi connectivity index (χ4v) is 2.97. The number of likely N-dealkylation sites (tertiary alicyclic amines) is 1. The lowest BCUT2D eigenvalue weighted by Crippen LogP contribution is -2.29. The van der Waals surface area contributed by atoms with E-state index in [1.165, 1.54) is 0 Å². The van der Waals surface area contributed by atoms with Crippen LogP contribution in [0.5, 0.6) is 11.5 Å². The third kappa shape index (κ3) is 2.65. The number of rotatable bonds is 3. The Bertz CT molecular complexity index is 747. The Hall–Kier alpha value is -2.50. The molecule has 1 fully saturated rings. The highest BCUT2D eigenvalue weighted by Gasteiger charge is 2.22. The van der Waals surface area contributed by atoms with Gasteiger partial charge in [0.05, 0.1) is 12.1 Å². The molecule has 0 radical (unpaired) electrons. The molecule has 0 bridgehead atoms. The minimum absolute atomic E-state index is 0.121. The Balaban J connectivity index is 1.56. The molecule has 0 unspecified atom stereocenters. The van der Waals surface area contributed by atoms with Crippen molar-refractivity contribution >= 4 is 5.91 Å². The number of amides is 1. The summed E-state index contributed by atoms with van der Waals surface area (Å²) in [7, 11) is 0. The first-order valence-electron chi connectivity index (χ1n) is 7.85. The third-order valence-corrected chi connectivity index (χ3v) is 4.29. The summed E-state index contributed by atoms with van der Waals surface area (Å²) in [6.07, 6.45) is 2.47. The van der Waals surface area contributed by atoms with Gasteiger partial charge in [-0.3, -0.25) is 4.79 Å². The lowest BCUT2D eigenvalue weighted by atomic mass is 10.2. The molecule has 2 aliphatic rings. The van der Waals surface area contributed by atoms with Crippen molar-refractivity contribution in [1.29, 1.82) is 0 Å². The van der Waals surface area contributed by atoms with Crippen LogP contribution in [-0.4, -0.2) is 35.7 Å². The van der Waals surface area contributed by atoms with Gasteiger partial charge in [0.15, 0.2) is 11.5 Å². The normalized spacial score (nSPS) is 16.1. The van der Waals surface area contributed by atoms with Crippen molar-refractivity contribution in [2.24, 2.45) is 0 Å². The van der Waals surface area contributed by atoms with Crippen molar-refractivity contribution < 1.29 is 18.7 Å². The molecule has 23 heavy (non-hydrogen) atoms. The SMILES string of the molecule is Cc1oc(-c2ccc3c(c2)OCO3)nc1CC(=O)N1CCCC1. The molecule has 0 atom stereocenters. The van der Waals surface area contributed by atoms with Crippen LogP contribution in [0.3, 0.4) is 0 Å². The van der Waals surface area contributed by atoms with E-state index in [2.05, 4.69) is 4.98 Å². The van der Waals surface area contributed by atoms with Crippen LogP contribution in [0.2, 0.25) is 0 Å². The van der Waals surface area contributed by atoms with Gasteiger partial charge in [0.1, 0.15) is 5.76 Å².